The van der Waals surface area contributed by atoms with E-state index >= 15 is 0 Å². The highest BCUT2D eigenvalue weighted by atomic mass is 31.2. The van der Waals surface area contributed by atoms with E-state index in [2.05, 4.69) is 62.4 Å². The van der Waals surface area contributed by atoms with Crippen LogP contribution in [0.15, 0.2) is 30.3 Å². The van der Waals surface area contributed by atoms with Crippen molar-refractivity contribution in [3.63, 3.8) is 0 Å². The minimum absolute atomic E-state index is 1.03. The molecular formula is C10H17NP+. The van der Waals surface area contributed by atoms with Gasteiger partial charge in [0.15, 0.2) is 0 Å². The van der Waals surface area contributed by atoms with Gasteiger partial charge < -0.3 is 0 Å². The van der Waals surface area contributed by atoms with Gasteiger partial charge in [-0.3, -0.25) is 0 Å². The molecule has 1 nitrogen and oxygen atoms in total. The SMILES string of the molecule is CN(C)[P+](C)(C)c1ccccc1. The molecule has 0 saturated carbocycles. The Balaban J connectivity index is 2.98. The first kappa shape index (κ1) is 9.70. The summed E-state index contributed by atoms with van der Waals surface area (Å²) in [5.74, 6) is 0. The van der Waals surface area contributed by atoms with Crippen LogP contribution in [-0.2, 0) is 0 Å². The van der Waals surface area contributed by atoms with Crippen LogP contribution < -0.4 is 5.30 Å². The molecule has 0 spiro atoms. The van der Waals surface area contributed by atoms with E-state index in [1.54, 1.807) is 0 Å². The number of rotatable bonds is 2. The maximum atomic E-state index is 2.34. The molecule has 0 aromatic heterocycles. The van der Waals surface area contributed by atoms with Gasteiger partial charge in [0.1, 0.15) is 12.7 Å². The largest absolute Gasteiger partial charge is 0.182 e. The van der Waals surface area contributed by atoms with Gasteiger partial charge in [-0.1, -0.05) is 18.2 Å². The molecule has 12 heavy (non-hydrogen) atoms. The number of hydrogen-bond acceptors (Lipinski definition) is 1. The van der Waals surface area contributed by atoms with Crippen LogP contribution in [-0.4, -0.2) is 32.1 Å². The molecule has 0 unspecified atom stereocenters. The summed E-state index contributed by atoms with van der Waals surface area (Å²) in [7, 11) is 3.27. The molecule has 0 heterocycles. The standard InChI is InChI=1S/C10H17NP/c1-11(2)12(3,4)10-8-6-5-7-9-10/h5-9H,1-4H3/q+1. The first-order valence-electron chi connectivity index (χ1n) is 4.12. The first-order chi connectivity index (χ1) is 5.55. The van der Waals surface area contributed by atoms with Crippen LogP contribution in [0.2, 0.25) is 0 Å². The van der Waals surface area contributed by atoms with Crippen LogP contribution in [0.1, 0.15) is 0 Å². The minimum Gasteiger partial charge on any atom is -0.182 e. The Morgan fingerprint density at radius 2 is 1.50 bits per heavy atom. The smallest absolute Gasteiger partial charge is 0.111 e. The highest BCUT2D eigenvalue weighted by molar-refractivity contribution is 7.79. The molecule has 1 rings (SSSR count). The normalized spacial score (nSPS) is 12.1. The van der Waals surface area contributed by atoms with E-state index in [0.717, 1.165) is 0 Å². The van der Waals surface area contributed by atoms with Gasteiger partial charge in [-0.25, -0.2) is 0 Å². The van der Waals surface area contributed by atoms with Crippen molar-refractivity contribution in [2.24, 2.45) is 0 Å². The Kier molecular flexibility index (Phi) is 2.87. The maximum absolute atomic E-state index is 2.34. The van der Waals surface area contributed by atoms with Crippen LogP contribution in [0, 0.1) is 0 Å². The Hall–Kier alpha value is -0.390. The lowest BCUT2D eigenvalue weighted by Crippen LogP contribution is -2.22. The Labute approximate surface area is 75.8 Å². The Morgan fingerprint density at radius 1 is 1.00 bits per heavy atom. The lowest BCUT2D eigenvalue weighted by atomic mass is 10.4. The van der Waals surface area contributed by atoms with E-state index in [1.807, 2.05) is 0 Å². The molecule has 0 saturated heterocycles. The van der Waals surface area contributed by atoms with Crippen molar-refractivity contribution in [2.75, 3.05) is 27.4 Å². The Bertz CT molecular complexity index is 241. The van der Waals surface area contributed by atoms with E-state index in [1.165, 1.54) is 5.30 Å². The van der Waals surface area contributed by atoms with Crippen LogP contribution in [0.25, 0.3) is 0 Å². The van der Waals surface area contributed by atoms with Crippen molar-refractivity contribution in [1.82, 2.24) is 4.67 Å². The molecule has 0 radical (unpaired) electrons. The summed E-state index contributed by atoms with van der Waals surface area (Å²) in [5.41, 5.74) is 0. The van der Waals surface area contributed by atoms with E-state index in [-0.39, 0.29) is 0 Å². The second-order valence-electron chi connectivity index (χ2n) is 3.58. The summed E-state index contributed by atoms with van der Waals surface area (Å²) in [6, 6.07) is 10.7. The molecule has 0 atom stereocenters. The zero-order chi connectivity index (χ0) is 9.19. The predicted octanol–water partition coefficient (Wildman–Crippen LogP) is 2.07. The second kappa shape index (κ2) is 3.55. The van der Waals surface area contributed by atoms with Crippen molar-refractivity contribution in [1.29, 1.82) is 0 Å². The topological polar surface area (TPSA) is 3.24 Å². The van der Waals surface area contributed by atoms with E-state index < -0.39 is 7.41 Å². The van der Waals surface area contributed by atoms with Gasteiger partial charge in [0.2, 0.25) is 0 Å². The summed E-state index contributed by atoms with van der Waals surface area (Å²) in [5, 5.41) is 1.47. The molecule has 0 bridgehead atoms. The van der Waals surface area contributed by atoms with Crippen molar-refractivity contribution >= 4 is 12.7 Å². The molecule has 0 fully saturated rings. The monoisotopic (exact) mass is 182 g/mol. The molecule has 0 N–H and O–H groups in total. The summed E-state index contributed by atoms with van der Waals surface area (Å²) < 4.78 is 2.34. The van der Waals surface area contributed by atoms with Gasteiger partial charge >= 0.3 is 0 Å². The molecule has 0 aliphatic heterocycles. The number of hydrogen-bond donors (Lipinski definition) is 0. The first-order valence-corrected chi connectivity index (χ1v) is 6.76. The van der Waals surface area contributed by atoms with Crippen LogP contribution >= 0.6 is 7.41 Å². The van der Waals surface area contributed by atoms with Crippen molar-refractivity contribution in [2.45, 2.75) is 0 Å². The van der Waals surface area contributed by atoms with E-state index in [4.69, 9.17) is 0 Å². The Morgan fingerprint density at radius 3 is 1.92 bits per heavy atom. The van der Waals surface area contributed by atoms with Crippen molar-refractivity contribution in [3.8, 4) is 0 Å². The fourth-order valence-corrected chi connectivity index (χ4v) is 2.39. The summed E-state index contributed by atoms with van der Waals surface area (Å²) in [6.45, 7) is 4.67. The third kappa shape index (κ3) is 1.85. The van der Waals surface area contributed by atoms with E-state index in [9.17, 15) is 0 Å². The molecule has 0 amide bonds. The summed E-state index contributed by atoms with van der Waals surface area (Å²) in [6.07, 6.45) is 0. The van der Waals surface area contributed by atoms with Gasteiger partial charge in [0.05, 0.1) is 13.3 Å². The van der Waals surface area contributed by atoms with Crippen molar-refractivity contribution in [3.05, 3.63) is 30.3 Å². The summed E-state index contributed by atoms with van der Waals surface area (Å²) >= 11 is 0. The number of benzene rings is 1. The average molecular weight is 182 g/mol. The van der Waals surface area contributed by atoms with E-state index in [0.29, 0.717) is 0 Å². The van der Waals surface area contributed by atoms with Gasteiger partial charge in [-0.05, 0) is 12.1 Å². The fourth-order valence-electron chi connectivity index (χ4n) is 1.02. The molecule has 66 valence electrons. The zero-order valence-electron chi connectivity index (χ0n) is 8.28. The fraction of sp³-hybridized carbons (Fsp3) is 0.400. The van der Waals surface area contributed by atoms with Gasteiger partial charge in [0.25, 0.3) is 0 Å². The molecular weight excluding hydrogens is 165 g/mol. The van der Waals surface area contributed by atoms with Crippen LogP contribution in [0.5, 0.6) is 0 Å². The van der Waals surface area contributed by atoms with Gasteiger partial charge in [-0.15, -0.1) is 0 Å². The lowest BCUT2D eigenvalue weighted by Gasteiger charge is -2.24. The third-order valence-electron chi connectivity index (χ3n) is 2.39. The van der Waals surface area contributed by atoms with Gasteiger partial charge in [-0.2, -0.15) is 4.67 Å². The predicted molar refractivity (Wildman–Crippen MR) is 58.5 cm³/mol. The molecule has 0 aliphatic rings. The quantitative estimate of drug-likeness (QED) is 0.633. The van der Waals surface area contributed by atoms with Crippen LogP contribution in [0.4, 0.5) is 0 Å². The molecule has 2 heteroatoms. The average Bonchev–Trinajstić information content (AvgIpc) is 2.06. The maximum Gasteiger partial charge on any atom is 0.111 e. The summed E-state index contributed by atoms with van der Waals surface area (Å²) in [4.78, 5) is 0. The highest BCUT2D eigenvalue weighted by Gasteiger charge is 2.30. The lowest BCUT2D eigenvalue weighted by molar-refractivity contribution is 0.675. The third-order valence-corrected chi connectivity index (χ3v) is 5.95. The highest BCUT2D eigenvalue weighted by Crippen LogP contribution is 2.51. The molecule has 1 aromatic carbocycles. The molecule has 1 aromatic rings. The minimum atomic E-state index is -1.03. The molecule has 0 aliphatic carbocycles. The van der Waals surface area contributed by atoms with Crippen molar-refractivity contribution < 1.29 is 0 Å². The second-order valence-corrected chi connectivity index (χ2v) is 7.68. The van der Waals surface area contributed by atoms with Gasteiger partial charge in [0, 0.05) is 14.1 Å². The van der Waals surface area contributed by atoms with Crippen LogP contribution in [0.3, 0.4) is 0 Å². The zero-order valence-corrected chi connectivity index (χ0v) is 9.18. The number of nitrogens with zero attached hydrogens (tertiary/aromatic N) is 1.